The summed E-state index contributed by atoms with van der Waals surface area (Å²) in [6.45, 7) is 0. The van der Waals surface area contributed by atoms with E-state index in [0.29, 0.717) is 5.88 Å². The number of rotatable bonds is 4. The zero-order chi connectivity index (χ0) is 10.0. The molecule has 3 nitrogen and oxygen atoms in total. The van der Waals surface area contributed by atoms with Crippen LogP contribution in [0.2, 0.25) is 0 Å². The number of pyridine rings is 1. The minimum atomic E-state index is -0.388. The molecule has 0 bridgehead atoms. The number of ether oxygens (including phenoxy) is 1. The highest BCUT2D eigenvalue weighted by molar-refractivity contribution is 5.25. The van der Waals surface area contributed by atoms with E-state index in [9.17, 15) is 5.11 Å². The number of aromatic nitrogens is 1. The fourth-order valence-corrected chi connectivity index (χ4v) is 1.56. The summed E-state index contributed by atoms with van der Waals surface area (Å²) in [6, 6.07) is 3.90. The molecule has 0 amide bonds. The number of aliphatic hydroxyl groups is 1. The molecule has 14 heavy (non-hydrogen) atoms. The van der Waals surface area contributed by atoms with Gasteiger partial charge in [0.2, 0.25) is 5.88 Å². The van der Waals surface area contributed by atoms with Crippen LogP contribution in [0.25, 0.3) is 0 Å². The van der Waals surface area contributed by atoms with E-state index in [2.05, 4.69) is 4.98 Å². The summed E-state index contributed by atoms with van der Waals surface area (Å²) >= 11 is 0. The van der Waals surface area contributed by atoms with Gasteiger partial charge in [-0.2, -0.15) is 0 Å². The van der Waals surface area contributed by atoms with E-state index in [0.717, 1.165) is 31.2 Å². The normalized spacial score (nSPS) is 17.9. The monoisotopic (exact) mass is 193 g/mol. The molecule has 1 N–H and O–H groups in total. The second-order valence-electron chi connectivity index (χ2n) is 3.90. The van der Waals surface area contributed by atoms with Crippen LogP contribution in [0.3, 0.4) is 0 Å². The molecule has 0 unspecified atom stereocenters. The van der Waals surface area contributed by atoms with Gasteiger partial charge in [0.1, 0.15) is 0 Å². The Bertz CT molecular complexity index is 321. The Morgan fingerprint density at radius 1 is 1.57 bits per heavy atom. The molecule has 1 aromatic heterocycles. The quantitative estimate of drug-likeness (QED) is 0.788. The van der Waals surface area contributed by atoms with Crippen LogP contribution >= 0.6 is 0 Å². The van der Waals surface area contributed by atoms with E-state index in [1.807, 2.05) is 12.1 Å². The fourth-order valence-electron chi connectivity index (χ4n) is 1.56. The zero-order valence-corrected chi connectivity index (χ0v) is 8.36. The Morgan fingerprint density at radius 3 is 3.00 bits per heavy atom. The van der Waals surface area contributed by atoms with Gasteiger partial charge in [0.15, 0.2) is 0 Å². The molecule has 0 aliphatic heterocycles. The van der Waals surface area contributed by atoms with Crippen molar-refractivity contribution in [2.45, 2.75) is 31.3 Å². The predicted octanol–water partition coefficient (Wildman–Crippen LogP) is 1.55. The molecule has 1 heterocycles. The third kappa shape index (κ3) is 2.04. The van der Waals surface area contributed by atoms with E-state index in [1.54, 1.807) is 13.3 Å². The van der Waals surface area contributed by atoms with Crippen molar-refractivity contribution < 1.29 is 9.84 Å². The summed E-state index contributed by atoms with van der Waals surface area (Å²) in [5, 5.41) is 9.69. The Morgan fingerprint density at radius 2 is 2.36 bits per heavy atom. The maximum absolute atomic E-state index is 9.69. The predicted molar refractivity (Wildman–Crippen MR) is 53.3 cm³/mol. The molecule has 0 spiro atoms. The first-order valence-electron chi connectivity index (χ1n) is 4.94. The number of aryl methyl sites for hydroxylation is 1. The third-order valence-corrected chi connectivity index (χ3v) is 2.73. The molecule has 2 rings (SSSR count). The van der Waals surface area contributed by atoms with Crippen molar-refractivity contribution in [3.8, 4) is 5.88 Å². The van der Waals surface area contributed by atoms with Crippen LogP contribution in [0.15, 0.2) is 18.3 Å². The van der Waals surface area contributed by atoms with Crippen molar-refractivity contribution >= 4 is 0 Å². The van der Waals surface area contributed by atoms with Crippen molar-refractivity contribution in [2.24, 2.45) is 0 Å². The molecule has 1 aromatic rings. The van der Waals surface area contributed by atoms with Gasteiger partial charge in [-0.3, -0.25) is 0 Å². The lowest BCUT2D eigenvalue weighted by Crippen LogP contribution is -2.08. The van der Waals surface area contributed by atoms with Gasteiger partial charge in [-0.15, -0.1) is 0 Å². The lowest BCUT2D eigenvalue weighted by atomic mass is 10.1. The van der Waals surface area contributed by atoms with Crippen molar-refractivity contribution in [3.05, 3.63) is 23.9 Å². The highest BCUT2D eigenvalue weighted by atomic mass is 16.5. The van der Waals surface area contributed by atoms with Gasteiger partial charge in [-0.1, -0.05) is 6.07 Å². The van der Waals surface area contributed by atoms with E-state index in [4.69, 9.17) is 4.74 Å². The van der Waals surface area contributed by atoms with Crippen molar-refractivity contribution in [2.75, 3.05) is 7.11 Å². The zero-order valence-electron chi connectivity index (χ0n) is 8.36. The van der Waals surface area contributed by atoms with E-state index in [1.165, 1.54) is 0 Å². The summed E-state index contributed by atoms with van der Waals surface area (Å²) in [5.74, 6) is 0.678. The van der Waals surface area contributed by atoms with E-state index < -0.39 is 0 Å². The summed E-state index contributed by atoms with van der Waals surface area (Å²) in [6.07, 6.45) is 5.25. The summed E-state index contributed by atoms with van der Waals surface area (Å²) in [5.41, 5.74) is 0.691. The molecule has 1 saturated carbocycles. The van der Waals surface area contributed by atoms with Gasteiger partial charge >= 0.3 is 0 Å². The summed E-state index contributed by atoms with van der Waals surface area (Å²) in [7, 11) is 1.62. The minimum absolute atomic E-state index is 0.388. The first kappa shape index (κ1) is 9.46. The van der Waals surface area contributed by atoms with Gasteiger partial charge < -0.3 is 9.84 Å². The molecule has 76 valence electrons. The van der Waals surface area contributed by atoms with Gasteiger partial charge in [0.05, 0.1) is 12.7 Å². The van der Waals surface area contributed by atoms with E-state index in [-0.39, 0.29) is 5.60 Å². The first-order chi connectivity index (χ1) is 6.73. The van der Waals surface area contributed by atoms with Crippen LogP contribution in [0.5, 0.6) is 5.88 Å². The maximum Gasteiger partial charge on any atom is 0.216 e. The standard InChI is InChI=1S/C11H15NO2/c1-14-10-9(3-2-8-12-10)4-5-11(13)6-7-11/h2-3,8,13H,4-7H2,1H3. The van der Waals surface area contributed by atoms with Gasteiger partial charge in [-0.05, 0) is 31.7 Å². The SMILES string of the molecule is COc1ncccc1CCC1(O)CC1. The second-order valence-corrected chi connectivity index (χ2v) is 3.90. The van der Waals surface area contributed by atoms with Crippen LogP contribution in [0, 0.1) is 0 Å². The molecular formula is C11H15NO2. The minimum Gasteiger partial charge on any atom is -0.481 e. The topological polar surface area (TPSA) is 42.4 Å². The average molecular weight is 193 g/mol. The van der Waals surface area contributed by atoms with Crippen molar-refractivity contribution in [3.63, 3.8) is 0 Å². The Hall–Kier alpha value is -1.09. The van der Waals surface area contributed by atoms with Crippen LogP contribution < -0.4 is 4.74 Å². The highest BCUT2D eigenvalue weighted by Gasteiger charge is 2.39. The molecule has 0 atom stereocenters. The van der Waals surface area contributed by atoms with Crippen molar-refractivity contribution in [1.82, 2.24) is 4.98 Å². The molecule has 0 saturated heterocycles. The number of hydrogen-bond acceptors (Lipinski definition) is 3. The Labute approximate surface area is 83.7 Å². The van der Waals surface area contributed by atoms with Gasteiger partial charge in [0.25, 0.3) is 0 Å². The van der Waals surface area contributed by atoms with Gasteiger partial charge in [0, 0.05) is 11.8 Å². The molecule has 1 fully saturated rings. The second kappa shape index (κ2) is 3.58. The van der Waals surface area contributed by atoms with Crippen LogP contribution in [0.1, 0.15) is 24.8 Å². The molecule has 1 aliphatic rings. The summed E-state index contributed by atoms with van der Waals surface area (Å²) < 4.78 is 5.14. The third-order valence-electron chi connectivity index (χ3n) is 2.73. The molecule has 1 aliphatic carbocycles. The summed E-state index contributed by atoms with van der Waals surface area (Å²) in [4.78, 5) is 4.11. The van der Waals surface area contributed by atoms with Crippen LogP contribution in [0.4, 0.5) is 0 Å². The van der Waals surface area contributed by atoms with E-state index >= 15 is 0 Å². The molecule has 0 aromatic carbocycles. The van der Waals surface area contributed by atoms with Gasteiger partial charge in [-0.25, -0.2) is 4.98 Å². The Balaban J connectivity index is 2.00. The maximum atomic E-state index is 9.69. The molecule has 3 heteroatoms. The first-order valence-corrected chi connectivity index (χ1v) is 4.94. The number of hydrogen-bond donors (Lipinski definition) is 1. The average Bonchev–Trinajstić information content (AvgIpc) is 2.95. The Kier molecular flexibility index (Phi) is 2.42. The van der Waals surface area contributed by atoms with Crippen molar-refractivity contribution in [1.29, 1.82) is 0 Å². The molecule has 0 radical (unpaired) electrons. The number of nitrogens with zero attached hydrogens (tertiary/aromatic N) is 1. The lowest BCUT2D eigenvalue weighted by molar-refractivity contribution is 0.140. The fraction of sp³-hybridized carbons (Fsp3) is 0.545. The van der Waals surface area contributed by atoms with Crippen LogP contribution in [-0.4, -0.2) is 22.8 Å². The lowest BCUT2D eigenvalue weighted by Gasteiger charge is -2.09. The smallest absolute Gasteiger partial charge is 0.216 e. The molecular weight excluding hydrogens is 178 g/mol. The van der Waals surface area contributed by atoms with Crippen LogP contribution in [-0.2, 0) is 6.42 Å². The largest absolute Gasteiger partial charge is 0.481 e. The highest BCUT2D eigenvalue weighted by Crippen LogP contribution is 2.39. The number of methoxy groups -OCH3 is 1.